The standard InChI is InChI=1S/C18H27NO2/c1-14-6-4-7-16(12-14)21-11-5-8-17(20)19-15-9-10-18(2,3)13-15/h4,6-7,12,15H,5,8-11,13H2,1-3H3,(H,19,20). The number of carbonyl (C=O) groups is 1. The zero-order valence-corrected chi connectivity index (χ0v) is 13.4. The fourth-order valence-corrected chi connectivity index (χ4v) is 2.99. The first-order chi connectivity index (χ1) is 9.94. The first-order valence-corrected chi connectivity index (χ1v) is 7.93. The summed E-state index contributed by atoms with van der Waals surface area (Å²) in [5.41, 5.74) is 1.57. The van der Waals surface area contributed by atoms with Gasteiger partial charge in [0.2, 0.25) is 5.91 Å². The first-order valence-electron chi connectivity index (χ1n) is 7.93. The lowest BCUT2D eigenvalue weighted by Crippen LogP contribution is -2.33. The predicted octanol–water partition coefficient (Wildman–Crippen LogP) is 3.85. The van der Waals surface area contributed by atoms with Gasteiger partial charge in [0.15, 0.2) is 0 Å². The van der Waals surface area contributed by atoms with Crippen LogP contribution >= 0.6 is 0 Å². The summed E-state index contributed by atoms with van der Waals surface area (Å²) >= 11 is 0. The van der Waals surface area contributed by atoms with E-state index in [0.29, 0.717) is 24.5 Å². The van der Waals surface area contributed by atoms with Gasteiger partial charge in [-0.25, -0.2) is 0 Å². The van der Waals surface area contributed by atoms with Gasteiger partial charge in [-0.1, -0.05) is 26.0 Å². The maximum atomic E-state index is 11.9. The normalized spacial score (nSPS) is 20.2. The molecule has 0 aromatic heterocycles. The summed E-state index contributed by atoms with van der Waals surface area (Å²) in [6.07, 6.45) is 4.71. The molecule has 1 aliphatic carbocycles. The van der Waals surface area contributed by atoms with Crippen molar-refractivity contribution in [1.82, 2.24) is 5.32 Å². The van der Waals surface area contributed by atoms with E-state index in [-0.39, 0.29) is 5.91 Å². The summed E-state index contributed by atoms with van der Waals surface area (Å²) < 4.78 is 5.66. The van der Waals surface area contributed by atoms with E-state index < -0.39 is 0 Å². The average molecular weight is 289 g/mol. The van der Waals surface area contributed by atoms with E-state index in [1.54, 1.807) is 0 Å². The Kier molecular flexibility index (Phi) is 5.27. The molecule has 1 aliphatic rings. The van der Waals surface area contributed by atoms with Crippen LogP contribution in [0.3, 0.4) is 0 Å². The van der Waals surface area contributed by atoms with Crippen molar-refractivity contribution in [3.05, 3.63) is 29.8 Å². The van der Waals surface area contributed by atoms with E-state index in [1.807, 2.05) is 31.2 Å². The summed E-state index contributed by atoms with van der Waals surface area (Å²) in [6, 6.07) is 8.36. The van der Waals surface area contributed by atoms with Gasteiger partial charge in [0.05, 0.1) is 6.61 Å². The van der Waals surface area contributed by atoms with Crippen LogP contribution in [0.1, 0.15) is 51.5 Å². The second kappa shape index (κ2) is 6.97. The minimum absolute atomic E-state index is 0.158. The molecule has 3 nitrogen and oxygen atoms in total. The smallest absolute Gasteiger partial charge is 0.220 e. The average Bonchev–Trinajstić information content (AvgIpc) is 2.74. The van der Waals surface area contributed by atoms with Crippen molar-refractivity contribution >= 4 is 5.91 Å². The second-order valence-electron chi connectivity index (χ2n) is 6.94. The van der Waals surface area contributed by atoms with Crippen LogP contribution in [0.15, 0.2) is 24.3 Å². The van der Waals surface area contributed by atoms with Crippen molar-refractivity contribution in [2.24, 2.45) is 5.41 Å². The number of ether oxygens (including phenoxy) is 1. The summed E-state index contributed by atoms with van der Waals surface area (Å²) in [5.74, 6) is 1.04. The Morgan fingerprint density at radius 2 is 2.24 bits per heavy atom. The Bertz CT molecular complexity index is 482. The molecule has 1 aromatic rings. The number of rotatable bonds is 6. The zero-order valence-electron chi connectivity index (χ0n) is 13.4. The Labute approximate surface area is 128 Å². The van der Waals surface area contributed by atoms with Crippen LogP contribution in [0.25, 0.3) is 0 Å². The van der Waals surface area contributed by atoms with E-state index >= 15 is 0 Å². The number of aryl methyl sites for hydroxylation is 1. The van der Waals surface area contributed by atoms with E-state index in [2.05, 4.69) is 19.2 Å². The molecule has 0 bridgehead atoms. The Morgan fingerprint density at radius 1 is 1.43 bits per heavy atom. The monoisotopic (exact) mass is 289 g/mol. The molecule has 3 heteroatoms. The zero-order chi connectivity index (χ0) is 15.3. The molecule has 0 heterocycles. The molecule has 1 aromatic carbocycles. The highest BCUT2D eigenvalue weighted by Crippen LogP contribution is 2.36. The van der Waals surface area contributed by atoms with Gasteiger partial charge in [-0.3, -0.25) is 4.79 Å². The van der Waals surface area contributed by atoms with Gasteiger partial charge < -0.3 is 10.1 Å². The molecule has 0 radical (unpaired) electrons. The number of hydrogen-bond donors (Lipinski definition) is 1. The van der Waals surface area contributed by atoms with E-state index in [4.69, 9.17) is 4.74 Å². The van der Waals surface area contributed by atoms with Gasteiger partial charge in [0.1, 0.15) is 5.75 Å². The van der Waals surface area contributed by atoms with Gasteiger partial charge in [-0.15, -0.1) is 0 Å². The van der Waals surface area contributed by atoms with Gasteiger partial charge in [-0.05, 0) is 55.7 Å². The van der Waals surface area contributed by atoms with Crippen LogP contribution in [0, 0.1) is 12.3 Å². The highest BCUT2D eigenvalue weighted by Gasteiger charge is 2.31. The molecule has 1 N–H and O–H groups in total. The van der Waals surface area contributed by atoms with Gasteiger partial charge in [-0.2, -0.15) is 0 Å². The molecular weight excluding hydrogens is 262 g/mol. The minimum Gasteiger partial charge on any atom is -0.494 e. The Balaban J connectivity index is 1.61. The molecule has 2 rings (SSSR count). The SMILES string of the molecule is Cc1cccc(OCCCC(=O)NC2CCC(C)(C)C2)c1. The summed E-state index contributed by atoms with van der Waals surface area (Å²) in [6.45, 7) is 7.18. The number of benzene rings is 1. The molecular formula is C18H27NO2. The molecule has 1 amide bonds. The topological polar surface area (TPSA) is 38.3 Å². The second-order valence-corrected chi connectivity index (χ2v) is 6.94. The third kappa shape index (κ3) is 5.41. The molecule has 0 saturated heterocycles. The molecule has 0 aliphatic heterocycles. The van der Waals surface area contributed by atoms with E-state index in [0.717, 1.165) is 25.0 Å². The molecule has 21 heavy (non-hydrogen) atoms. The first kappa shape index (κ1) is 15.9. The summed E-state index contributed by atoms with van der Waals surface area (Å²) in [7, 11) is 0. The number of nitrogens with one attached hydrogen (secondary N) is 1. The van der Waals surface area contributed by atoms with Crippen LogP contribution in [0.5, 0.6) is 5.75 Å². The molecule has 0 spiro atoms. The van der Waals surface area contributed by atoms with Crippen LogP contribution < -0.4 is 10.1 Å². The Hall–Kier alpha value is -1.51. The van der Waals surface area contributed by atoms with Crippen LogP contribution in [-0.2, 0) is 4.79 Å². The number of amides is 1. The van der Waals surface area contributed by atoms with Crippen molar-refractivity contribution in [3.63, 3.8) is 0 Å². The van der Waals surface area contributed by atoms with Crippen LogP contribution in [0.4, 0.5) is 0 Å². The third-order valence-electron chi connectivity index (χ3n) is 4.14. The maximum Gasteiger partial charge on any atom is 0.220 e. The van der Waals surface area contributed by atoms with Crippen molar-refractivity contribution in [2.45, 2.75) is 58.9 Å². The third-order valence-corrected chi connectivity index (χ3v) is 4.14. The van der Waals surface area contributed by atoms with Gasteiger partial charge in [0.25, 0.3) is 0 Å². The lowest BCUT2D eigenvalue weighted by atomic mass is 9.92. The summed E-state index contributed by atoms with van der Waals surface area (Å²) in [5, 5.41) is 3.15. The number of carbonyl (C=O) groups excluding carboxylic acids is 1. The molecule has 1 fully saturated rings. The molecule has 116 valence electrons. The highest BCUT2D eigenvalue weighted by atomic mass is 16.5. The van der Waals surface area contributed by atoms with Gasteiger partial charge in [0, 0.05) is 12.5 Å². The summed E-state index contributed by atoms with van der Waals surface area (Å²) in [4.78, 5) is 11.9. The van der Waals surface area contributed by atoms with E-state index in [1.165, 1.54) is 12.0 Å². The fraction of sp³-hybridized carbons (Fsp3) is 0.611. The molecule has 1 saturated carbocycles. The quantitative estimate of drug-likeness (QED) is 0.808. The highest BCUT2D eigenvalue weighted by molar-refractivity contribution is 5.76. The van der Waals surface area contributed by atoms with E-state index in [9.17, 15) is 4.79 Å². The molecule has 1 unspecified atom stereocenters. The Morgan fingerprint density at radius 3 is 2.90 bits per heavy atom. The van der Waals surface area contributed by atoms with Crippen molar-refractivity contribution in [2.75, 3.05) is 6.61 Å². The van der Waals surface area contributed by atoms with Crippen LogP contribution in [0.2, 0.25) is 0 Å². The van der Waals surface area contributed by atoms with Crippen LogP contribution in [-0.4, -0.2) is 18.6 Å². The van der Waals surface area contributed by atoms with Crippen molar-refractivity contribution in [3.8, 4) is 5.75 Å². The predicted molar refractivity (Wildman–Crippen MR) is 85.5 cm³/mol. The fourth-order valence-electron chi connectivity index (χ4n) is 2.99. The van der Waals surface area contributed by atoms with Gasteiger partial charge >= 0.3 is 0 Å². The largest absolute Gasteiger partial charge is 0.494 e. The minimum atomic E-state index is 0.158. The van der Waals surface area contributed by atoms with Crippen molar-refractivity contribution in [1.29, 1.82) is 0 Å². The lowest BCUT2D eigenvalue weighted by Gasteiger charge is -2.17. The lowest BCUT2D eigenvalue weighted by molar-refractivity contribution is -0.122. The maximum absolute atomic E-state index is 11.9. The molecule has 1 atom stereocenters. The number of hydrogen-bond acceptors (Lipinski definition) is 2. The van der Waals surface area contributed by atoms with Crippen molar-refractivity contribution < 1.29 is 9.53 Å².